The van der Waals surface area contributed by atoms with Crippen LogP contribution in [0.5, 0.6) is 5.75 Å². The average molecular weight is 865 g/mol. The molecule has 14 nitrogen and oxygen atoms in total. The fraction of sp³-hybridized carbons (Fsp3) is 0.300. The number of carbonyl (C=O) groups is 4. The first-order valence-electron chi connectivity index (χ1n) is 21.2. The summed E-state index contributed by atoms with van der Waals surface area (Å²) in [6, 6.07) is 32.6. The first-order valence-corrected chi connectivity index (χ1v) is 21.2. The number of aliphatic hydroxyl groups excluding tert-OH is 2. The Hall–Kier alpha value is -6.89. The van der Waals surface area contributed by atoms with Gasteiger partial charge in [0.1, 0.15) is 36.5 Å². The molecule has 328 valence electrons. The van der Waals surface area contributed by atoms with Crippen LogP contribution in [0.2, 0.25) is 0 Å². The van der Waals surface area contributed by atoms with Crippen LogP contribution in [0.1, 0.15) is 58.1 Å². The molecule has 8 rings (SSSR count). The molecule has 1 spiro atoms. The highest BCUT2D eigenvalue weighted by Crippen LogP contribution is 2.66. The number of pyridine rings is 1. The van der Waals surface area contributed by atoms with Gasteiger partial charge in [0.2, 0.25) is 11.8 Å². The van der Waals surface area contributed by atoms with E-state index >= 15 is 14.4 Å². The summed E-state index contributed by atoms with van der Waals surface area (Å²) < 4.78 is 23.6. The van der Waals surface area contributed by atoms with Gasteiger partial charge in [0.05, 0.1) is 43.5 Å². The fourth-order valence-corrected chi connectivity index (χ4v) is 9.40. The molecule has 4 aromatic carbocycles. The summed E-state index contributed by atoms with van der Waals surface area (Å²) in [4.78, 5) is 68.8. The summed E-state index contributed by atoms with van der Waals surface area (Å²) in [5, 5.41) is 22.7. The maximum absolute atomic E-state index is 16.3. The summed E-state index contributed by atoms with van der Waals surface area (Å²) in [5.74, 6) is 2.54. The van der Waals surface area contributed by atoms with Gasteiger partial charge in [-0.1, -0.05) is 96.8 Å². The number of aromatic nitrogens is 1. The van der Waals surface area contributed by atoms with E-state index < -0.39 is 59.4 Å². The molecule has 0 radical (unpaired) electrons. The van der Waals surface area contributed by atoms with Crippen molar-refractivity contribution in [1.29, 1.82) is 0 Å². The van der Waals surface area contributed by atoms with Gasteiger partial charge in [-0.05, 0) is 53.1 Å². The number of anilines is 1. The van der Waals surface area contributed by atoms with Gasteiger partial charge in [0.15, 0.2) is 0 Å². The number of aliphatic hydroxyl groups is 2. The molecular weight excluding hydrogens is 817 g/mol. The van der Waals surface area contributed by atoms with Crippen LogP contribution in [-0.2, 0) is 40.4 Å². The van der Waals surface area contributed by atoms with Crippen LogP contribution in [0.4, 0.5) is 10.5 Å². The van der Waals surface area contributed by atoms with Gasteiger partial charge < -0.3 is 34.5 Å². The first-order chi connectivity index (χ1) is 31.3. The number of esters is 1. The second-order valence-electron chi connectivity index (χ2n) is 15.5. The second-order valence-corrected chi connectivity index (χ2v) is 15.5. The number of nitrogens with one attached hydrogen (secondary N) is 1. The van der Waals surface area contributed by atoms with Gasteiger partial charge >= 0.3 is 12.1 Å². The van der Waals surface area contributed by atoms with E-state index in [-0.39, 0.29) is 63.0 Å². The highest BCUT2D eigenvalue weighted by atomic mass is 16.6. The second kappa shape index (κ2) is 19.7. The number of morpholine rings is 1. The van der Waals surface area contributed by atoms with Crippen LogP contribution in [0, 0.1) is 17.8 Å². The van der Waals surface area contributed by atoms with Crippen molar-refractivity contribution in [3.8, 4) is 17.6 Å². The molecule has 0 bridgehead atoms. The van der Waals surface area contributed by atoms with E-state index in [2.05, 4.69) is 22.1 Å². The number of amides is 3. The molecule has 2 fully saturated rings. The molecule has 4 heterocycles. The molecule has 3 aliphatic rings. The number of nitrogens with zero attached hydrogens (tertiary/aromatic N) is 3. The minimum absolute atomic E-state index is 0.0476. The number of methoxy groups -OCH3 is 1. The minimum atomic E-state index is -2.08. The lowest BCUT2D eigenvalue weighted by Gasteiger charge is -2.46. The number of cyclic esters (lactones) is 1. The van der Waals surface area contributed by atoms with Gasteiger partial charge in [-0.2, -0.15) is 0 Å². The monoisotopic (exact) mass is 864 g/mol. The van der Waals surface area contributed by atoms with E-state index in [0.717, 1.165) is 10.5 Å². The van der Waals surface area contributed by atoms with Crippen LogP contribution in [0.3, 0.4) is 0 Å². The highest BCUT2D eigenvalue weighted by Gasteiger charge is 2.76. The van der Waals surface area contributed by atoms with E-state index in [1.807, 2.05) is 77.7 Å². The van der Waals surface area contributed by atoms with Crippen LogP contribution in [-0.4, -0.2) is 96.7 Å². The van der Waals surface area contributed by atoms with Crippen molar-refractivity contribution in [3.63, 3.8) is 0 Å². The SMILES string of the molecule is COCCOC(=O)N1C(=O)[C@@]2(c3cc(C#CCCO)ccc31)[C@H](C(=O)NCCc1ccccn1)[C@H]1C(=O)O[C@H](c3ccccc3)[C@H](c3ccccc3)N1[C@@H]2c1ccccc1OCCO. The Morgan fingerprint density at radius 2 is 1.58 bits per heavy atom. The summed E-state index contributed by atoms with van der Waals surface area (Å²) in [6.07, 6.45) is 0.209. The predicted molar refractivity (Wildman–Crippen MR) is 234 cm³/mol. The third-order valence-electron chi connectivity index (χ3n) is 11.9. The van der Waals surface area contributed by atoms with E-state index in [1.165, 1.54) is 7.11 Å². The number of fused-ring (bicyclic) bond motifs is 3. The van der Waals surface area contributed by atoms with E-state index in [9.17, 15) is 15.0 Å². The van der Waals surface area contributed by atoms with Crippen molar-refractivity contribution < 1.29 is 48.3 Å². The molecule has 64 heavy (non-hydrogen) atoms. The van der Waals surface area contributed by atoms with Crippen molar-refractivity contribution in [2.75, 3.05) is 51.6 Å². The summed E-state index contributed by atoms with van der Waals surface area (Å²) in [5.41, 5.74) is 1.25. The van der Waals surface area contributed by atoms with Gasteiger partial charge in [-0.25, -0.2) is 9.69 Å². The molecule has 2 saturated heterocycles. The molecule has 0 aliphatic carbocycles. The van der Waals surface area contributed by atoms with Crippen molar-refractivity contribution >= 4 is 29.6 Å². The third kappa shape index (κ3) is 8.10. The number of benzene rings is 4. The predicted octanol–water partition coefficient (Wildman–Crippen LogP) is 4.99. The zero-order valence-corrected chi connectivity index (χ0v) is 35.2. The van der Waals surface area contributed by atoms with E-state index in [0.29, 0.717) is 28.8 Å². The number of imide groups is 1. The average Bonchev–Trinajstić information content (AvgIpc) is 3.78. The quantitative estimate of drug-likeness (QED) is 0.0776. The lowest BCUT2D eigenvalue weighted by molar-refractivity contribution is -0.178. The van der Waals surface area contributed by atoms with Crippen LogP contribution in [0.25, 0.3) is 0 Å². The molecule has 3 N–H and O–H groups in total. The Morgan fingerprint density at radius 1 is 0.844 bits per heavy atom. The largest absolute Gasteiger partial charge is 0.491 e. The van der Waals surface area contributed by atoms with Crippen molar-refractivity contribution in [3.05, 3.63) is 161 Å². The molecule has 0 unspecified atom stereocenters. The summed E-state index contributed by atoms with van der Waals surface area (Å²) in [7, 11) is 1.45. The number of hydrogen-bond acceptors (Lipinski definition) is 12. The molecule has 3 aliphatic heterocycles. The van der Waals surface area contributed by atoms with Crippen LogP contribution in [0.15, 0.2) is 128 Å². The normalized spacial score (nSPS) is 22.2. The van der Waals surface area contributed by atoms with Gasteiger partial charge in [-0.15, -0.1) is 0 Å². The Bertz CT molecular complexity index is 2530. The lowest BCUT2D eigenvalue weighted by atomic mass is 9.65. The topological polar surface area (TPSA) is 177 Å². The summed E-state index contributed by atoms with van der Waals surface area (Å²) >= 11 is 0. The highest BCUT2D eigenvalue weighted by molar-refractivity contribution is 6.23. The number of ether oxygens (including phenoxy) is 4. The summed E-state index contributed by atoms with van der Waals surface area (Å²) in [6.45, 7) is -0.660. The first kappa shape index (κ1) is 43.7. The van der Waals surface area contributed by atoms with Crippen LogP contribution >= 0.6 is 0 Å². The smallest absolute Gasteiger partial charge is 0.421 e. The van der Waals surface area contributed by atoms with Crippen LogP contribution < -0.4 is 15.0 Å². The number of hydrogen-bond donors (Lipinski definition) is 3. The molecule has 1 aromatic heterocycles. The van der Waals surface area contributed by atoms with Crippen molar-refractivity contribution in [1.82, 2.24) is 15.2 Å². The fourth-order valence-electron chi connectivity index (χ4n) is 9.40. The van der Waals surface area contributed by atoms with Crippen molar-refractivity contribution in [2.45, 2.75) is 42.5 Å². The molecular formula is C50H48N4O10. The van der Waals surface area contributed by atoms with Gasteiger partial charge in [0, 0.05) is 49.5 Å². The molecule has 0 saturated carbocycles. The number of rotatable bonds is 14. The van der Waals surface area contributed by atoms with E-state index in [1.54, 1.807) is 54.7 Å². The van der Waals surface area contributed by atoms with Crippen molar-refractivity contribution in [2.24, 2.45) is 5.92 Å². The molecule has 14 heteroatoms. The van der Waals surface area contributed by atoms with Gasteiger partial charge in [0.25, 0.3) is 0 Å². The third-order valence-corrected chi connectivity index (χ3v) is 11.9. The molecule has 3 amide bonds. The van der Waals surface area contributed by atoms with Gasteiger partial charge in [-0.3, -0.25) is 24.3 Å². The standard InChI is InChI=1S/C50H48N4O10/c1-61-30-31-63-49(60)53-39-23-22-33(14-11-13-27-55)32-38(39)50(48(53)59)41(46(57)52-26-24-36-19-10-12-25-51-36)43-47(58)64-44(35-17-6-3-7-18-35)42(34-15-4-2-5-16-34)54(43)45(50)37-20-8-9-21-40(37)62-29-28-56/h2-10,12,15-23,25,32,41-45,55-56H,13,24,26-31H2,1H3,(H,52,57)/t41-,42-,43-,44+,45+,50-/m0/s1. The lowest BCUT2D eigenvalue weighted by Crippen LogP contribution is -2.56. The number of para-hydroxylation sites is 1. The minimum Gasteiger partial charge on any atom is -0.491 e. The van der Waals surface area contributed by atoms with E-state index in [4.69, 9.17) is 18.9 Å². The molecule has 6 atom stereocenters. The maximum atomic E-state index is 16.3. The molecule has 5 aromatic rings. The Labute approximate surface area is 370 Å². The zero-order chi connectivity index (χ0) is 44.6. The number of carbonyl (C=O) groups excluding carboxylic acids is 4. The Morgan fingerprint density at radius 3 is 2.30 bits per heavy atom. The maximum Gasteiger partial charge on any atom is 0.421 e. The zero-order valence-electron chi connectivity index (χ0n) is 35.2. The Balaban J connectivity index is 1.44. The Kier molecular flexibility index (Phi) is 13.4.